The molecule has 7 heteroatoms. The Morgan fingerprint density at radius 3 is 2.91 bits per heavy atom. The second kappa shape index (κ2) is 8.14. The second-order valence-corrected chi connectivity index (χ2v) is 7.08. The molecule has 0 bridgehead atoms. The molecule has 0 saturated carbocycles. The first kappa shape index (κ1) is 16.8. The molecule has 2 aromatic rings. The minimum atomic E-state index is 0.0334. The van der Waals surface area contributed by atoms with Crippen molar-refractivity contribution in [2.24, 2.45) is 0 Å². The lowest BCUT2D eigenvalue weighted by Crippen LogP contribution is -2.25. The van der Waals surface area contributed by atoms with Gasteiger partial charge in [0.2, 0.25) is 11.0 Å². The highest BCUT2D eigenvalue weighted by Crippen LogP contribution is 2.29. The third kappa shape index (κ3) is 4.71. The van der Waals surface area contributed by atoms with Crippen molar-refractivity contribution >= 4 is 39.8 Å². The van der Waals surface area contributed by atoms with Crippen LogP contribution >= 0.6 is 23.1 Å². The van der Waals surface area contributed by atoms with E-state index in [1.807, 2.05) is 19.1 Å². The van der Waals surface area contributed by atoms with Gasteiger partial charge in [0.15, 0.2) is 4.34 Å². The van der Waals surface area contributed by atoms with Gasteiger partial charge in [0.1, 0.15) is 0 Å². The molecule has 0 fully saturated rings. The summed E-state index contributed by atoms with van der Waals surface area (Å²) in [6, 6.07) is 6.12. The number of rotatable bonds is 7. The lowest BCUT2D eigenvalue weighted by atomic mass is 10.1. The third-order valence-electron chi connectivity index (χ3n) is 3.15. The van der Waals surface area contributed by atoms with E-state index in [1.54, 1.807) is 0 Å². The highest BCUT2D eigenvalue weighted by Gasteiger charge is 2.09. The molecule has 1 amide bonds. The maximum atomic E-state index is 11.6. The van der Waals surface area contributed by atoms with Gasteiger partial charge in [-0.2, -0.15) is 0 Å². The summed E-state index contributed by atoms with van der Waals surface area (Å²) in [7, 11) is 0. The van der Waals surface area contributed by atoms with Crippen LogP contribution in [-0.4, -0.2) is 28.4 Å². The van der Waals surface area contributed by atoms with Gasteiger partial charge < -0.3 is 10.6 Å². The highest BCUT2D eigenvalue weighted by atomic mass is 32.2. The molecule has 22 heavy (non-hydrogen) atoms. The summed E-state index contributed by atoms with van der Waals surface area (Å²) < 4.78 is 0.791. The summed E-state index contributed by atoms with van der Waals surface area (Å²) in [5, 5.41) is 15.1. The lowest BCUT2D eigenvalue weighted by molar-refractivity contribution is -0.118. The number of hydrogen-bond donors (Lipinski definition) is 2. The molecule has 1 heterocycles. The average molecular weight is 336 g/mol. The first-order chi connectivity index (χ1) is 10.6. The van der Waals surface area contributed by atoms with E-state index in [1.165, 1.54) is 34.2 Å². The Morgan fingerprint density at radius 2 is 2.14 bits per heavy atom. The van der Waals surface area contributed by atoms with Crippen LogP contribution < -0.4 is 10.6 Å². The van der Waals surface area contributed by atoms with Gasteiger partial charge in [-0.1, -0.05) is 42.2 Å². The predicted molar refractivity (Wildman–Crippen MR) is 93.1 cm³/mol. The number of hydrogen-bond acceptors (Lipinski definition) is 6. The number of aromatic nitrogens is 2. The van der Waals surface area contributed by atoms with Crippen LogP contribution in [0.15, 0.2) is 22.5 Å². The molecule has 0 saturated heterocycles. The molecular weight excluding hydrogens is 316 g/mol. The molecule has 118 valence electrons. The van der Waals surface area contributed by atoms with Gasteiger partial charge in [0.05, 0.1) is 5.75 Å². The fourth-order valence-electron chi connectivity index (χ4n) is 1.76. The molecule has 1 aromatic heterocycles. The number of amides is 1. The number of anilines is 2. The number of benzene rings is 1. The van der Waals surface area contributed by atoms with Gasteiger partial charge in [-0.3, -0.25) is 4.79 Å². The van der Waals surface area contributed by atoms with Crippen LogP contribution in [0.4, 0.5) is 10.8 Å². The van der Waals surface area contributed by atoms with Crippen LogP contribution in [-0.2, 0) is 4.79 Å². The summed E-state index contributed by atoms with van der Waals surface area (Å²) in [5.41, 5.74) is 3.47. The summed E-state index contributed by atoms with van der Waals surface area (Å²) in [6.07, 6.45) is 0.944. The van der Waals surface area contributed by atoms with Crippen LogP contribution in [0.2, 0.25) is 0 Å². The number of aryl methyl sites for hydroxylation is 1. The monoisotopic (exact) mass is 336 g/mol. The van der Waals surface area contributed by atoms with E-state index in [2.05, 4.69) is 40.7 Å². The minimum Gasteiger partial charge on any atom is -0.355 e. The largest absolute Gasteiger partial charge is 0.355 e. The Labute approximate surface area is 138 Å². The van der Waals surface area contributed by atoms with Crippen LogP contribution in [0.1, 0.15) is 24.5 Å². The zero-order valence-corrected chi connectivity index (χ0v) is 14.6. The molecule has 0 spiro atoms. The highest BCUT2D eigenvalue weighted by molar-refractivity contribution is 8.01. The second-order valence-electron chi connectivity index (χ2n) is 4.88. The minimum absolute atomic E-state index is 0.0334. The van der Waals surface area contributed by atoms with Crippen molar-refractivity contribution in [2.45, 2.75) is 31.5 Å². The number of nitrogens with zero attached hydrogens (tertiary/aromatic N) is 2. The molecule has 0 aliphatic carbocycles. The van der Waals surface area contributed by atoms with E-state index in [0.29, 0.717) is 5.75 Å². The van der Waals surface area contributed by atoms with Crippen molar-refractivity contribution in [2.75, 3.05) is 17.6 Å². The molecule has 0 unspecified atom stereocenters. The standard InChI is InChI=1S/C15H20N4OS2/c1-4-8-16-13(20)9-21-15-19-18-14(22-15)17-12-7-5-6-10(2)11(12)3/h5-7H,4,8-9H2,1-3H3,(H,16,20)(H,17,18). The van der Waals surface area contributed by atoms with Crippen molar-refractivity contribution in [1.82, 2.24) is 15.5 Å². The summed E-state index contributed by atoms with van der Waals surface area (Å²) in [6.45, 7) is 6.90. The number of nitrogens with one attached hydrogen (secondary N) is 2. The molecule has 2 N–H and O–H groups in total. The smallest absolute Gasteiger partial charge is 0.230 e. The maximum absolute atomic E-state index is 11.6. The topological polar surface area (TPSA) is 66.9 Å². The Kier molecular flexibility index (Phi) is 6.21. The molecule has 0 atom stereocenters. The maximum Gasteiger partial charge on any atom is 0.230 e. The quantitative estimate of drug-likeness (QED) is 0.757. The van der Waals surface area contributed by atoms with Crippen molar-refractivity contribution in [3.8, 4) is 0 Å². The first-order valence-electron chi connectivity index (χ1n) is 7.16. The average Bonchev–Trinajstić information content (AvgIpc) is 2.95. The summed E-state index contributed by atoms with van der Waals surface area (Å²) >= 11 is 2.87. The van der Waals surface area contributed by atoms with E-state index < -0.39 is 0 Å². The van der Waals surface area contributed by atoms with Gasteiger partial charge in [-0.05, 0) is 37.5 Å². The van der Waals surface area contributed by atoms with E-state index in [-0.39, 0.29) is 5.91 Å². The van der Waals surface area contributed by atoms with Gasteiger partial charge >= 0.3 is 0 Å². The first-order valence-corrected chi connectivity index (χ1v) is 8.96. The molecule has 0 radical (unpaired) electrons. The number of thioether (sulfide) groups is 1. The van der Waals surface area contributed by atoms with Gasteiger partial charge in [0, 0.05) is 12.2 Å². The van der Waals surface area contributed by atoms with Crippen LogP contribution in [0, 0.1) is 13.8 Å². The van der Waals surface area contributed by atoms with Crippen molar-refractivity contribution in [1.29, 1.82) is 0 Å². The SMILES string of the molecule is CCCNC(=O)CSc1nnc(Nc2cccc(C)c2C)s1. The van der Waals surface area contributed by atoms with Gasteiger partial charge in [-0.15, -0.1) is 10.2 Å². The Hall–Kier alpha value is -1.60. The van der Waals surface area contributed by atoms with Crippen LogP contribution in [0.25, 0.3) is 0 Å². The predicted octanol–water partition coefficient (Wildman–Crippen LogP) is 3.52. The van der Waals surface area contributed by atoms with Gasteiger partial charge in [-0.25, -0.2) is 0 Å². The third-order valence-corrected chi connectivity index (χ3v) is 5.12. The normalized spacial score (nSPS) is 10.5. The molecule has 0 aliphatic rings. The summed E-state index contributed by atoms with van der Waals surface area (Å²) in [4.78, 5) is 11.6. The van der Waals surface area contributed by atoms with E-state index >= 15 is 0 Å². The number of carbonyl (C=O) groups is 1. The molecule has 0 aliphatic heterocycles. The van der Waals surface area contributed by atoms with E-state index in [0.717, 1.165) is 28.1 Å². The lowest BCUT2D eigenvalue weighted by Gasteiger charge is -2.08. The molecular formula is C15H20N4OS2. The van der Waals surface area contributed by atoms with Crippen molar-refractivity contribution < 1.29 is 4.79 Å². The molecule has 2 rings (SSSR count). The zero-order chi connectivity index (χ0) is 15.9. The zero-order valence-electron chi connectivity index (χ0n) is 13.0. The number of carbonyl (C=O) groups excluding carboxylic acids is 1. The Bertz CT molecular complexity index is 642. The molecule has 5 nitrogen and oxygen atoms in total. The Balaban J connectivity index is 1.91. The van der Waals surface area contributed by atoms with Crippen LogP contribution in [0.3, 0.4) is 0 Å². The van der Waals surface area contributed by atoms with Crippen molar-refractivity contribution in [3.05, 3.63) is 29.3 Å². The van der Waals surface area contributed by atoms with Crippen molar-refractivity contribution in [3.63, 3.8) is 0 Å². The fraction of sp³-hybridized carbons (Fsp3) is 0.400. The fourth-order valence-corrected chi connectivity index (χ4v) is 3.36. The Morgan fingerprint density at radius 1 is 1.32 bits per heavy atom. The van der Waals surface area contributed by atoms with E-state index in [4.69, 9.17) is 0 Å². The van der Waals surface area contributed by atoms with Crippen LogP contribution in [0.5, 0.6) is 0 Å². The van der Waals surface area contributed by atoms with E-state index in [9.17, 15) is 4.79 Å². The molecule has 1 aromatic carbocycles. The summed E-state index contributed by atoms with van der Waals surface area (Å²) in [5.74, 6) is 0.407. The van der Waals surface area contributed by atoms with Gasteiger partial charge in [0.25, 0.3) is 0 Å².